The number of hydrogen-bond acceptors (Lipinski definition) is 2. The number of anilines is 1. The highest BCUT2D eigenvalue weighted by molar-refractivity contribution is 9.08. The number of ether oxygens (including phenoxy) is 1. The second-order valence-corrected chi connectivity index (χ2v) is 5.53. The Balaban J connectivity index is 2.98. The molecule has 0 spiro atoms. The van der Waals surface area contributed by atoms with Crippen molar-refractivity contribution in [2.45, 2.75) is 38.1 Å². The summed E-state index contributed by atoms with van der Waals surface area (Å²) < 4.78 is 5.23. The molecule has 2 nitrogen and oxygen atoms in total. The van der Waals surface area contributed by atoms with Crippen LogP contribution in [-0.2, 0) is 10.1 Å². The number of benzene rings is 1. The molecule has 0 heterocycles. The van der Waals surface area contributed by atoms with Gasteiger partial charge in [0.2, 0.25) is 0 Å². The Morgan fingerprint density at radius 2 is 2.00 bits per heavy atom. The van der Waals surface area contributed by atoms with Crippen LogP contribution in [0.2, 0.25) is 5.02 Å². The second kappa shape index (κ2) is 8.83. The van der Waals surface area contributed by atoms with Crippen LogP contribution in [0.3, 0.4) is 0 Å². The quantitative estimate of drug-likeness (QED) is 0.621. The number of hydrogen-bond donors (Lipinski definition) is 0. The van der Waals surface area contributed by atoms with Crippen LogP contribution in [0.15, 0.2) is 18.2 Å². The van der Waals surface area contributed by atoms with E-state index in [9.17, 15) is 0 Å². The predicted molar refractivity (Wildman–Crippen MR) is 87.7 cm³/mol. The molecule has 0 aliphatic heterocycles. The summed E-state index contributed by atoms with van der Waals surface area (Å²) in [5, 5.41) is 1.61. The molecule has 0 aliphatic rings. The van der Waals surface area contributed by atoms with Crippen LogP contribution in [0, 0.1) is 0 Å². The normalized spacial score (nSPS) is 11.1. The summed E-state index contributed by atoms with van der Waals surface area (Å²) >= 11 is 9.76. The minimum absolute atomic E-state index is 0.529. The number of halogens is 2. The Morgan fingerprint density at radius 1 is 1.32 bits per heavy atom. The van der Waals surface area contributed by atoms with Gasteiger partial charge in [0, 0.05) is 35.7 Å². The van der Waals surface area contributed by atoms with Crippen molar-refractivity contribution in [1.82, 2.24) is 0 Å². The second-order valence-electron chi connectivity index (χ2n) is 4.57. The lowest BCUT2D eigenvalue weighted by atomic mass is 10.1. The van der Waals surface area contributed by atoms with Gasteiger partial charge in [0.25, 0.3) is 0 Å². The molecule has 0 fully saturated rings. The van der Waals surface area contributed by atoms with Crippen molar-refractivity contribution >= 4 is 33.2 Å². The predicted octanol–water partition coefficient (Wildman–Crippen LogP) is 4.88. The third kappa shape index (κ3) is 4.66. The maximum atomic E-state index is 6.31. The molecule has 0 radical (unpaired) electrons. The zero-order chi connectivity index (χ0) is 14.3. The van der Waals surface area contributed by atoms with Crippen molar-refractivity contribution in [3.8, 4) is 0 Å². The molecule has 0 aromatic heterocycles. The van der Waals surface area contributed by atoms with Crippen molar-refractivity contribution in [1.29, 1.82) is 0 Å². The van der Waals surface area contributed by atoms with E-state index in [0.717, 1.165) is 41.9 Å². The van der Waals surface area contributed by atoms with Crippen molar-refractivity contribution in [3.63, 3.8) is 0 Å². The monoisotopic (exact) mass is 347 g/mol. The molecule has 1 aromatic carbocycles. The van der Waals surface area contributed by atoms with Gasteiger partial charge in [-0.3, -0.25) is 0 Å². The van der Waals surface area contributed by atoms with Gasteiger partial charge in [-0.05, 0) is 30.5 Å². The first-order valence-corrected chi connectivity index (χ1v) is 8.27. The maximum Gasteiger partial charge on any atom is 0.0637 e. The third-order valence-electron chi connectivity index (χ3n) is 3.43. The maximum absolute atomic E-state index is 6.31. The zero-order valence-corrected chi connectivity index (χ0v) is 14.3. The SMILES string of the molecule is CCC(CC)N(CCOC)c1ccc(CBr)c(Cl)c1. The molecule has 0 N–H and O–H groups in total. The molecular weight excluding hydrogens is 326 g/mol. The highest BCUT2D eigenvalue weighted by Crippen LogP contribution is 2.27. The average molecular weight is 349 g/mol. The molecule has 0 amide bonds. The van der Waals surface area contributed by atoms with Crippen LogP contribution in [0.25, 0.3) is 0 Å². The van der Waals surface area contributed by atoms with Crippen LogP contribution in [0.5, 0.6) is 0 Å². The lowest BCUT2D eigenvalue weighted by Crippen LogP contribution is -2.37. The smallest absolute Gasteiger partial charge is 0.0637 e. The summed E-state index contributed by atoms with van der Waals surface area (Å²) in [5.41, 5.74) is 2.31. The van der Waals surface area contributed by atoms with Crippen molar-refractivity contribution in [2.75, 3.05) is 25.2 Å². The highest BCUT2D eigenvalue weighted by Gasteiger charge is 2.16. The van der Waals surface area contributed by atoms with Gasteiger partial charge < -0.3 is 9.64 Å². The number of nitrogens with zero attached hydrogens (tertiary/aromatic N) is 1. The fraction of sp³-hybridized carbons (Fsp3) is 0.600. The molecular formula is C15H23BrClNO. The topological polar surface area (TPSA) is 12.5 Å². The molecule has 0 atom stereocenters. The molecule has 108 valence electrons. The minimum Gasteiger partial charge on any atom is -0.383 e. The Hall–Kier alpha value is -0.250. The molecule has 1 rings (SSSR count). The summed E-state index contributed by atoms with van der Waals surface area (Å²) in [4.78, 5) is 2.40. The zero-order valence-electron chi connectivity index (χ0n) is 12.0. The van der Waals surface area contributed by atoms with Crippen LogP contribution in [0.1, 0.15) is 32.3 Å². The minimum atomic E-state index is 0.529. The van der Waals surface area contributed by atoms with E-state index in [2.05, 4.69) is 52.9 Å². The van der Waals surface area contributed by atoms with E-state index in [1.54, 1.807) is 7.11 Å². The Morgan fingerprint density at radius 3 is 2.47 bits per heavy atom. The molecule has 0 saturated carbocycles. The Labute approximate surface area is 130 Å². The molecule has 0 bridgehead atoms. The average Bonchev–Trinajstić information content (AvgIpc) is 2.43. The molecule has 19 heavy (non-hydrogen) atoms. The van der Waals surface area contributed by atoms with Gasteiger partial charge in [-0.2, -0.15) is 0 Å². The number of methoxy groups -OCH3 is 1. The largest absolute Gasteiger partial charge is 0.383 e. The van der Waals surface area contributed by atoms with Gasteiger partial charge in [-0.1, -0.05) is 47.4 Å². The van der Waals surface area contributed by atoms with E-state index in [1.807, 2.05) is 0 Å². The van der Waals surface area contributed by atoms with Gasteiger partial charge in [0.05, 0.1) is 6.61 Å². The summed E-state index contributed by atoms with van der Waals surface area (Å²) in [7, 11) is 1.74. The first kappa shape index (κ1) is 16.8. The lowest BCUT2D eigenvalue weighted by Gasteiger charge is -2.33. The van der Waals surface area contributed by atoms with Gasteiger partial charge in [0.15, 0.2) is 0 Å². The van der Waals surface area contributed by atoms with Gasteiger partial charge >= 0.3 is 0 Å². The van der Waals surface area contributed by atoms with Crippen LogP contribution in [-0.4, -0.2) is 26.3 Å². The summed E-state index contributed by atoms with van der Waals surface area (Å²) in [6.07, 6.45) is 2.25. The Bertz CT molecular complexity index is 382. The van der Waals surface area contributed by atoms with Crippen molar-refractivity contribution in [3.05, 3.63) is 28.8 Å². The first-order valence-electron chi connectivity index (χ1n) is 6.77. The molecule has 4 heteroatoms. The van der Waals surface area contributed by atoms with E-state index in [0.29, 0.717) is 6.04 Å². The number of rotatable bonds is 8. The van der Waals surface area contributed by atoms with Crippen LogP contribution in [0.4, 0.5) is 5.69 Å². The molecule has 0 aliphatic carbocycles. The first-order chi connectivity index (χ1) is 9.17. The van der Waals surface area contributed by atoms with E-state index < -0.39 is 0 Å². The van der Waals surface area contributed by atoms with E-state index >= 15 is 0 Å². The fourth-order valence-electron chi connectivity index (χ4n) is 2.26. The standard InChI is InChI=1S/C15H23BrClNO/c1-4-13(5-2)18(8-9-19-3)14-7-6-12(11-16)15(17)10-14/h6-7,10,13H,4-5,8-9,11H2,1-3H3. The molecule has 0 unspecified atom stereocenters. The lowest BCUT2D eigenvalue weighted by molar-refractivity contribution is 0.202. The van der Waals surface area contributed by atoms with E-state index in [4.69, 9.17) is 16.3 Å². The Kier molecular flexibility index (Phi) is 7.81. The van der Waals surface area contributed by atoms with Crippen LogP contribution >= 0.6 is 27.5 Å². The molecule has 1 aromatic rings. The summed E-state index contributed by atoms with van der Waals surface area (Å²) in [6, 6.07) is 6.83. The third-order valence-corrected chi connectivity index (χ3v) is 4.39. The molecule has 0 saturated heterocycles. The van der Waals surface area contributed by atoms with E-state index in [1.165, 1.54) is 5.69 Å². The number of alkyl halides is 1. The van der Waals surface area contributed by atoms with Gasteiger partial charge in [-0.15, -0.1) is 0 Å². The summed E-state index contributed by atoms with van der Waals surface area (Å²) in [6.45, 7) is 6.08. The van der Waals surface area contributed by atoms with Gasteiger partial charge in [0.1, 0.15) is 0 Å². The highest BCUT2D eigenvalue weighted by atomic mass is 79.9. The van der Waals surface area contributed by atoms with Crippen molar-refractivity contribution < 1.29 is 4.74 Å². The van der Waals surface area contributed by atoms with Crippen LogP contribution < -0.4 is 4.90 Å². The summed E-state index contributed by atoms with van der Waals surface area (Å²) in [5.74, 6) is 0. The van der Waals surface area contributed by atoms with Gasteiger partial charge in [-0.25, -0.2) is 0 Å². The van der Waals surface area contributed by atoms with E-state index in [-0.39, 0.29) is 0 Å². The van der Waals surface area contributed by atoms with Crippen molar-refractivity contribution in [2.24, 2.45) is 0 Å². The fourth-order valence-corrected chi connectivity index (χ4v) is 3.16.